The summed E-state index contributed by atoms with van der Waals surface area (Å²) in [6, 6.07) is 1.47. The lowest BCUT2D eigenvalue weighted by atomic mass is 9.77. The molecule has 16 heavy (non-hydrogen) atoms. The van der Waals surface area contributed by atoms with Crippen molar-refractivity contribution in [2.24, 2.45) is 5.92 Å². The van der Waals surface area contributed by atoms with Gasteiger partial charge in [0.1, 0.15) is 0 Å². The fraction of sp³-hybridized carbons (Fsp3) is 1.00. The molecule has 2 fully saturated rings. The molecule has 0 aromatic carbocycles. The van der Waals surface area contributed by atoms with E-state index in [-0.39, 0.29) is 0 Å². The van der Waals surface area contributed by atoms with Crippen LogP contribution in [-0.2, 0) is 0 Å². The zero-order valence-corrected chi connectivity index (χ0v) is 11.4. The zero-order valence-electron chi connectivity index (χ0n) is 11.4. The average molecular weight is 224 g/mol. The van der Waals surface area contributed by atoms with Gasteiger partial charge in [0.2, 0.25) is 0 Å². The Bertz CT molecular complexity index is 229. The summed E-state index contributed by atoms with van der Waals surface area (Å²) in [4.78, 5) is 2.73. The Labute approximate surface area is 101 Å². The van der Waals surface area contributed by atoms with Crippen LogP contribution in [0.3, 0.4) is 0 Å². The third kappa shape index (κ3) is 1.91. The number of rotatable bonds is 3. The number of hydrogen-bond acceptors (Lipinski definition) is 2. The van der Waals surface area contributed by atoms with Crippen molar-refractivity contribution >= 4 is 0 Å². The van der Waals surface area contributed by atoms with Gasteiger partial charge in [-0.15, -0.1) is 0 Å². The van der Waals surface area contributed by atoms with Crippen molar-refractivity contribution in [3.8, 4) is 0 Å². The van der Waals surface area contributed by atoms with Crippen molar-refractivity contribution in [2.75, 3.05) is 13.1 Å². The minimum absolute atomic E-state index is 0.404. The second-order valence-corrected chi connectivity index (χ2v) is 6.21. The highest BCUT2D eigenvalue weighted by atomic mass is 15.2. The summed E-state index contributed by atoms with van der Waals surface area (Å²) in [6.45, 7) is 12.0. The Morgan fingerprint density at radius 3 is 2.44 bits per heavy atom. The van der Waals surface area contributed by atoms with Crippen molar-refractivity contribution in [1.29, 1.82) is 0 Å². The smallest absolute Gasteiger partial charge is 0.0361 e. The summed E-state index contributed by atoms with van der Waals surface area (Å²) in [6.07, 6.45) is 5.52. The Balaban J connectivity index is 2.19. The molecular weight excluding hydrogens is 196 g/mol. The Hall–Kier alpha value is -0.0800. The van der Waals surface area contributed by atoms with Gasteiger partial charge in [-0.2, -0.15) is 0 Å². The third-order valence-electron chi connectivity index (χ3n) is 4.80. The molecule has 2 unspecified atom stereocenters. The summed E-state index contributed by atoms with van der Waals surface area (Å²) < 4.78 is 0. The Morgan fingerprint density at radius 1 is 1.19 bits per heavy atom. The molecule has 0 aliphatic carbocycles. The monoisotopic (exact) mass is 224 g/mol. The molecule has 0 saturated carbocycles. The predicted molar refractivity (Wildman–Crippen MR) is 69.7 cm³/mol. The second kappa shape index (κ2) is 4.66. The molecule has 2 nitrogen and oxygen atoms in total. The number of hydrogen-bond donors (Lipinski definition) is 1. The van der Waals surface area contributed by atoms with Crippen molar-refractivity contribution in [1.82, 2.24) is 10.2 Å². The fourth-order valence-electron chi connectivity index (χ4n) is 3.91. The van der Waals surface area contributed by atoms with E-state index in [9.17, 15) is 0 Å². The van der Waals surface area contributed by atoms with Gasteiger partial charge in [-0.05, 0) is 58.5 Å². The maximum Gasteiger partial charge on any atom is 0.0361 e. The first kappa shape index (κ1) is 12.4. The van der Waals surface area contributed by atoms with E-state index in [1.807, 2.05) is 0 Å². The molecule has 0 spiro atoms. The van der Waals surface area contributed by atoms with E-state index in [0.29, 0.717) is 11.6 Å². The summed E-state index contributed by atoms with van der Waals surface area (Å²) >= 11 is 0. The first-order valence-corrected chi connectivity index (χ1v) is 7.08. The van der Waals surface area contributed by atoms with Crippen LogP contribution in [0.1, 0.15) is 53.4 Å². The normalized spacial score (nSPS) is 36.8. The molecule has 2 heteroatoms. The number of nitrogens with one attached hydrogen (secondary N) is 1. The quantitative estimate of drug-likeness (QED) is 0.793. The highest BCUT2D eigenvalue weighted by molar-refractivity contribution is 5.07. The molecule has 1 N–H and O–H groups in total. The first-order chi connectivity index (χ1) is 7.58. The van der Waals surface area contributed by atoms with E-state index in [2.05, 4.69) is 37.9 Å². The molecule has 2 heterocycles. The molecule has 2 rings (SSSR count). The summed E-state index contributed by atoms with van der Waals surface area (Å²) in [5.74, 6) is 0.749. The number of likely N-dealkylation sites (tertiary alicyclic amines) is 1. The Morgan fingerprint density at radius 2 is 1.94 bits per heavy atom. The fourth-order valence-corrected chi connectivity index (χ4v) is 3.91. The SMILES string of the molecule is CC(C)N1CCCC1C1(C(C)C)CCCN1. The molecule has 0 bridgehead atoms. The molecule has 0 radical (unpaired) electrons. The van der Waals surface area contributed by atoms with Gasteiger partial charge in [-0.3, -0.25) is 4.90 Å². The maximum atomic E-state index is 3.85. The van der Waals surface area contributed by atoms with Gasteiger partial charge in [-0.25, -0.2) is 0 Å². The molecule has 2 saturated heterocycles. The van der Waals surface area contributed by atoms with Crippen molar-refractivity contribution in [3.05, 3.63) is 0 Å². The van der Waals surface area contributed by atoms with Gasteiger partial charge >= 0.3 is 0 Å². The van der Waals surface area contributed by atoms with Crippen LogP contribution in [0, 0.1) is 5.92 Å². The van der Waals surface area contributed by atoms with Crippen LogP contribution >= 0.6 is 0 Å². The van der Waals surface area contributed by atoms with Gasteiger partial charge in [-0.1, -0.05) is 13.8 Å². The average Bonchev–Trinajstić information content (AvgIpc) is 2.87. The highest BCUT2D eigenvalue weighted by Gasteiger charge is 2.47. The summed E-state index contributed by atoms with van der Waals surface area (Å²) in [7, 11) is 0. The van der Waals surface area contributed by atoms with Gasteiger partial charge in [0.25, 0.3) is 0 Å². The minimum Gasteiger partial charge on any atom is -0.310 e. The van der Waals surface area contributed by atoms with Gasteiger partial charge in [0.15, 0.2) is 0 Å². The first-order valence-electron chi connectivity index (χ1n) is 7.08. The van der Waals surface area contributed by atoms with Crippen LogP contribution in [0.4, 0.5) is 0 Å². The number of nitrogens with zero attached hydrogens (tertiary/aromatic N) is 1. The van der Waals surface area contributed by atoms with Crippen molar-refractivity contribution in [2.45, 2.75) is 71.0 Å². The van der Waals surface area contributed by atoms with Gasteiger partial charge in [0.05, 0.1) is 0 Å². The highest BCUT2D eigenvalue weighted by Crippen LogP contribution is 2.39. The second-order valence-electron chi connectivity index (χ2n) is 6.21. The van der Waals surface area contributed by atoms with E-state index in [1.165, 1.54) is 38.8 Å². The van der Waals surface area contributed by atoms with Gasteiger partial charge < -0.3 is 5.32 Å². The van der Waals surface area contributed by atoms with Crippen LogP contribution in [0.2, 0.25) is 0 Å². The maximum absolute atomic E-state index is 3.85. The lowest BCUT2D eigenvalue weighted by molar-refractivity contribution is 0.0848. The Kier molecular flexibility index (Phi) is 3.60. The van der Waals surface area contributed by atoms with E-state index in [4.69, 9.17) is 0 Å². The molecule has 2 aliphatic rings. The van der Waals surface area contributed by atoms with Crippen LogP contribution in [-0.4, -0.2) is 35.6 Å². The van der Waals surface area contributed by atoms with E-state index >= 15 is 0 Å². The lowest BCUT2D eigenvalue weighted by Crippen LogP contribution is -2.60. The van der Waals surface area contributed by atoms with E-state index < -0.39 is 0 Å². The minimum atomic E-state index is 0.404. The molecule has 2 atom stereocenters. The van der Waals surface area contributed by atoms with Crippen LogP contribution in [0.15, 0.2) is 0 Å². The third-order valence-corrected chi connectivity index (χ3v) is 4.80. The van der Waals surface area contributed by atoms with Gasteiger partial charge in [0, 0.05) is 17.6 Å². The molecule has 94 valence electrons. The summed E-state index contributed by atoms with van der Waals surface area (Å²) in [5, 5.41) is 3.85. The van der Waals surface area contributed by atoms with Crippen LogP contribution < -0.4 is 5.32 Å². The zero-order chi connectivity index (χ0) is 11.8. The topological polar surface area (TPSA) is 15.3 Å². The lowest BCUT2D eigenvalue weighted by Gasteiger charge is -2.45. The molecular formula is C14H28N2. The summed E-state index contributed by atoms with van der Waals surface area (Å²) in [5.41, 5.74) is 0.404. The van der Waals surface area contributed by atoms with Crippen LogP contribution in [0.25, 0.3) is 0 Å². The molecule has 0 aromatic heterocycles. The van der Waals surface area contributed by atoms with E-state index in [1.54, 1.807) is 0 Å². The van der Waals surface area contributed by atoms with E-state index in [0.717, 1.165) is 12.0 Å². The molecule has 0 aromatic rings. The standard InChI is InChI=1S/C14H28N2/c1-11(2)14(8-6-9-15-14)13-7-5-10-16(13)12(3)4/h11-13,15H,5-10H2,1-4H3. The molecule has 0 amide bonds. The largest absolute Gasteiger partial charge is 0.310 e. The molecule has 2 aliphatic heterocycles. The predicted octanol–water partition coefficient (Wildman–Crippen LogP) is 2.64. The van der Waals surface area contributed by atoms with Crippen molar-refractivity contribution < 1.29 is 0 Å². The van der Waals surface area contributed by atoms with Crippen LogP contribution in [0.5, 0.6) is 0 Å². The van der Waals surface area contributed by atoms with Crippen molar-refractivity contribution in [3.63, 3.8) is 0 Å².